The van der Waals surface area contributed by atoms with E-state index >= 15 is 0 Å². The van der Waals surface area contributed by atoms with Crippen LogP contribution in [0, 0.1) is 0 Å². The predicted molar refractivity (Wildman–Crippen MR) is 90.2 cm³/mol. The van der Waals surface area contributed by atoms with Crippen molar-refractivity contribution in [3.05, 3.63) is 82.4 Å². The van der Waals surface area contributed by atoms with Crippen LogP contribution in [-0.4, -0.2) is 18.7 Å². The van der Waals surface area contributed by atoms with Crippen LogP contribution in [-0.2, 0) is 5.66 Å². The number of nitrogens with zero attached hydrogens (tertiary/aromatic N) is 2. The average molecular weight is 309 g/mol. The van der Waals surface area contributed by atoms with E-state index in [1.165, 1.54) is 0 Å². The first-order chi connectivity index (χ1) is 10.8. The van der Waals surface area contributed by atoms with Crippen LogP contribution < -0.4 is 0 Å². The smallest absolute Gasteiger partial charge is 0.201 e. The van der Waals surface area contributed by atoms with Gasteiger partial charge in [-0.25, -0.2) is 0 Å². The Balaban J connectivity index is 2.23. The van der Waals surface area contributed by atoms with Gasteiger partial charge in [0.2, 0.25) is 5.66 Å². The van der Waals surface area contributed by atoms with Crippen LogP contribution in [0.25, 0.3) is 0 Å². The van der Waals surface area contributed by atoms with Gasteiger partial charge in [-0.15, -0.1) is 0 Å². The van der Waals surface area contributed by atoms with Gasteiger partial charge in [-0.05, 0) is 24.3 Å². The number of carbonyl (C=O) groups is 1. The lowest BCUT2D eigenvalue weighted by atomic mass is 9.91. The van der Waals surface area contributed by atoms with E-state index in [-0.39, 0.29) is 0 Å². The molecule has 2 aromatic carbocycles. The lowest BCUT2D eigenvalue weighted by Gasteiger charge is -2.26. The molecule has 0 radical (unpaired) electrons. The van der Waals surface area contributed by atoms with E-state index in [0.29, 0.717) is 10.6 Å². The minimum Gasteiger partial charge on any atom is -0.298 e. The molecule has 0 amide bonds. The highest BCUT2D eigenvalue weighted by molar-refractivity contribution is 6.33. The van der Waals surface area contributed by atoms with Crippen molar-refractivity contribution < 1.29 is 4.79 Å². The summed E-state index contributed by atoms with van der Waals surface area (Å²) in [6, 6.07) is 15.1. The number of carbonyl (C=O) groups excluding carboxylic acids is 1. The predicted octanol–water partition coefficient (Wildman–Crippen LogP) is 4.07. The third-order valence-corrected chi connectivity index (χ3v) is 3.84. The van der Waals surface area contributed by atoms with Gasteiger partial charge in [0.1, 0.15) is 0 Å². The molecule has 1 heterocycles. The van der Waals surface area contributed by atoms with Crippen molar-refractivity contribution in [3.63, 3.8) is 0 Å². The molecule has 0 fully saturated rings. The second kappa shape index (κ2) is 6.08. The normalized spacial score (nSPS) is 15.5. The number of allylic oxidation sites excluding steroid dienone is 2. The maximum atomic E-state index is 11.0. The standard InChI is InChI=1S/C18H13ClN2O/c19-17-12-16(9-8-14(17)13-22)18(15-6-2-1-3-7-15)20-10-4-5-11-21-18/h1-13H. The molecule has 0 saturated heterocycles. The fraction of sp³-hybridized carbons (Fsp3) is 0.0556. The van der Waals surface area contributed by atoms with Crippen molar-refractivity contribution in [2.75, 3.05) is 0 Å². The van der Waals surface area contributed by atoms with E-state index < -0.39 is 5.66 Å². The second-order valence-corrected chi connectivity index (χ2v) is 5.24. The van der Waals surface area contributed by atoms with Crippen LogP contribution in [0.4, 0.5) is 0 Å². The summed E-state index contributed by atoms with van der Waals surface area (Å²) in [7, 11) is 0. The number of aldehydes is 1. The molecule has 0 spiro atoms. The van der Waals surface area contributed by atoms with Crippen LogP contribution in [0.1, 0.15) is 21.5 Å². The molecule has 0 aliphatic carbocycles. The Hall–Kier alpha value is -2.52. The van der Waals surface area contributed by atoms with Crippen LogP contribution in [0.2, 0.25) is 5.02 Å². The minimum atomic E-state index is -0.893. The summed E-state index contributed by atoms with van der Waals surface area (Å²) in [6.45, 7) is 0. The third-order valence-electron chi connectivity index (χ3n) is 3.51. The SMILES string of the molecule is O=Cc1ccc(C2(c3ccccc3)N=CC=CC=N2)cc1Cl. The summed E-state index contributed by atoms with van der Waals surface area (Å²) in [6.07, 6.45) is 7.84. The summed E-state index contributed by atoms with van der Waals surface area (Å²) in [5, 5.41) is 0.394. The third kappa shape index (κ3) is 2.51. The Morgan fingerprint density at radius 1 is 0.909 bits per heavy atom. The highest BCUT2D eigenvalue weighted by atomic mass is 35.5. The summed E-state index contributed by atoms with van der Waals surface area (Å²) in [4.78, 5) is 20.2. The van der Waals surface area contributed by atoms with Gasteiger partial charge in [-0.2, -0.15) is 0 Å². The number of benzene rings is 2. The van der Waals surface area contributed by atoms with Crippen LogP contribution >= 0.6 is 11.6 Å². The maximum absolute atomic E-state index is 11.0. The number of aliphatic imine (C=N–C) groups is 2. The van der Waals surface area contributed by atoms with Gasteiger partial charge in [0.25, 0.3) is 0 Å². The average Bonchev–Trinajstić information content (AvgIpc) is 2.82. The molecule has 0 saturated carbocycles. The van der Waals surface area contributed by atoms with Crippen molar-refractivity contribution in [2.24, 2.45) is 9.98 Å². The number of hydrogen-bond donors (Lipinski definition) is 0. The topological polar surface area (TPSA) is 41.8 Å². The zero-order chi connectivity index (χ0) is 15.4. The Labute approximate surface area is 133 Å². The van der Waals surface area contributed by atoms with Gasteiger partial charge in [0, 0.05) is 29.1 Å². The van der Waals surface area contributed by atoms with Crippen molar-refractivity contribution in [1.82, 2.24) is 0 Å². The molecule has 0 bridgehead atoms. The molecule has 3 rings (SSSR count). The van der Waals surface area contributed by atoms with Crippen LogP contribution in [0.15, 0.2) is 70.7 Å². The summed E-state index contributed by atoms with van der Waals surface area (Å²) in [5.41, 5.74) is 1.30. The Morgan fingerprint density at radius 3 is 2.18 bits per heavy atom. The van der Waals surface area contributed by atoms with Crippen LogP contribution in [0.5, 0.6) is 0 Å². The molecular formula is C18H13ClN2O. The molecule has 0 atom stereocenters. The zero-order valence-corrected chi connectivity index (χ0v) is 12.4. The molecule has 3 nitrogen and oxygen atoms in total. The van der Waals surface area contributed by atoms with Crippen molar-refractivity contribution in [3.8, 4) is 0 Å². The van der Waals surface area contributed by atoms with Crippen molar-refractivity contribution in [1.29, 1.82) is 0 Å². The van der Waals surface area contributed by atoms with Gasteiger partial charge in [0.15, 0.2) is 6.29 Å². The molecule has 0 aromatic heterocycles. The molecule has 0 unspecified atom stereocenters. The van der Waals surface area contributed by atoms with Crippen LogP contribution in [0.3, 0.4) is 0 Å². The molecule has 1 aliphatic rings. The Morgan fingerprint density at radius 2 is 1.59 bits per heavy atom. The minimum absolute atomic E-state index is 0.394. The highest BCUT2D eigenvalue weighted by Gasteiger charge is 2.33. The van der Waals surface area contributed by atoms with Gasteiger partial charge < -0.3 is 0 Å². The summed E-state index contributed by atoms with van der Waals surface area (Å²) < 4.78 is 0. The zero-order valence-electron chi connectivity index (χ0n) is 11.7. The Bertz CT molecular complexity index is 763. The van der Waals surface area contributed by atoms with E-state index in [0.717, 1.165) is 17.4 Å². The molecular weight excluding hydrogens is 296 g/mol. The molecule has 4 heteroatoms. The van der Waals surface area contributed by atoms with E-state index in [2.05, 4.69) is 9.98 Å². The van der Waals surface area contributed by atoms with Gasteiger partial charge in [-0.1, -0.05) is 48.0 Å². The maximum Gasteiger partial charge on any atom is 0.201 e. The van der Waals surface area contributed by atoms with E-state index in [1.807, 2.05) is 48.6 Å². The van der Waals surface area contributed by atoms with Gasteiger partial charge >= 0.3 is 0 Å². The largest absolute Gasteiger partial charge is 0.298 e. The summed E-state index contributed by atoms with van der Waals surface area (Å²) >= 11 is 6.19. The van der Waals surface area contributed by atoms with Crippen molar-refractivity contribution >= 4 is 30.3 Å². The molecule has 1 aliphatic heterocycles. The fourth-order valence-electron chi connectivity index (χ4n) is 2.41. The quantitative estimate of drug-likeness (QED) is 0.788. The Kier molecular flexibility index (Phi) is 3.98. The van der Waals surface area contributed by atoms with Gasteiger partial charge in [0.05, 0.1) is 5.02 Å². The first kappa shape index (κ1) is 14.4. The molecule has 22 heavy (non-hydrogen) atoms. The summed E-state index contributed by atoms with van der Waals surface area (Å²) in [5.74, 6) is 0. The lowest BCUT2D eigenvalue weighted by molar-refractivity contribution is 0.112. The monoisotopic (exact) mass is 308 g/mol. The molecule has 0 N–H and O–H groups in total. The first-order valence-corrected chi connectivity index (χ1v) is 7.20. The number of hydrogen-bond acceptors (Lipinski definition) is 3. The van der Waals surface area contributed by atoms with E-state index in [4.69, 9.17) is 11.6 Å². The lowest BCUT2D eigenvalue weighted by Crippen LogP contribution is -2.23. The highest BCUT2D eigenvalue weighted by Crippen LogP contribution is 2.37. The number of rotatable bonds is 3. The number of halogens is 1. The van der Waals surface area contributed by atoms with E-state index in [1.54, 1.807) is 24.6 Å². The molecule has 2 aromatic rings. The fourth-order valence-corrected chi connectivity index (χ4v) is 2.63. The van der Waals surface area contributed by atoms with Gasteiger partial charge in [-0.3, -0.25) is 14.8 Å². The van der Waals surface area contributed by atoms with E-state index in [9.17, 15) is 4.79 Å². The molecule has 108 valence electrons. The first-order valence-electron chi connectivity index (χ1n) is 6.83. The van der Waals surface area contributed by atoms with Crippen molar-refractivity contribution in [2.45, 2.75) is 5.66 Å². The second-order valence-electron chi connectivity index (χ2n) is 4.83.